The molecule has 3 rings (SSSR count). The third-order valence-electron chi connectivity index (χ3n) is 3.85. The van der Waals surface area contributed by atoms with Crippen molar-refractivity contribution in [2.45, 2.75) is 12.5 Å². The molecule has 4 heteroatoms. The molecule has 0 radical (unpaired) electrons. The molecule has 2 amide bonds. The van der Waals surface area contributed by atoms with E-state index in [9.17, 15) is 14.7 Å². The first-order valence-corrected chi connectivity index (χ1v) is 5.68. The molecule has 1 saturated heterocycles. The fourth-order valence-corrected chi connectivity index (χ4v) is 2.92. The number of hydrogen-bond acceptors (Lipinski definition) is 3. The number of amides is 2. The third-order valence-corrected chi connectivity index (χ3v) is 3.85. The molecule has 1 N–H and O–H groups in total. The minimum atomic E-state index is -0.855. The third kappa shape index (κ3) is 1.27. The first kappa shape index (κ1) is 10.5. The Morgan fingerprint density at radius 3 is 2.71 bits per heavy atom. The molecule has 0 saturated carbocycles. The van der Waals surface area contributed by atoms with Gasteiger partial charge in [0.15, 0.2) is 0 Å². The summed E-state index contributed by atoms with van der Waals surface area (Å²) >= 11 is 0. The Morgan fingerprint density at radius 1 is 1.24 bits per heavy atom. The van der Waals surface area contributed by atoms with Gasteiger partial charge < -0.3 is 5.11 Å². The zero-order chi connectivity index (χ0) is 12.2. The molecule has 1 aromatic rings. The van der Waals surface area contributed by atoms with E-state index in [0.29, 0.717) is 6.42 Å². The molecule has 1 aromatic carbocycles. The van der Waals surface area contributed by atoms with E-state index in [-0.39, 0.29) is 11.8 Å². The number of carbonyl (C=O) groups excluding carboxylic acids is 2. The number of aliphatic hydroxyl groups is 1. The molecule has 2 aliphatic rings. The van der Waals surface area contributed by atoms with Crippen LogP contribution in [0.25, 0.3) is 0 Å². The molecule has 3 unspecified atom stereocenters. The highest BCUT2D eigenvalue weighted by molar-refractivity contribution is 6.05. The molecule has 0 spiro atoms. The van der Waals surface area contributed by atoms with Crippen LogP contribution >= 0.6 is 0 Å². The van der Waals surface area contributed by atoms with Crippen molar-refractivity contribution >= 4 is 11.8 Å². The highest BCUT2D eigenvalue weighted by Crippen LogP contribution is 2.43. The number of rotatable bonds is 0. The van der Waals surface area contributed by atoms with Gasteiger partial charge in [-0.2, -0.15) is 0 Å². The largest absolute Gasteiger partial charge is 0.388 e. The van der Waals surface area contributed by atoms with E-state index >= 15 is 0 Å². The SMILES string of the molecule is CN1C(=O)C2Cc3ccccc3C(O)C2C1=O. The average molecular weight is 231 g/mol. The van der Waals surface area contributed by atoms with Gasteiger partial charge in [-0.1, -0.05) is 24.3 Å². The summed E-state index contributed by atoms with van der Waals surface area (Å²) in [6.45, 7) is 0. The molecule has 1 fully saturated rings. The van der Waals surface area contributed by atoms with E-state index in [1.54, 1.807) is 0 Å². The Kier molecular flexibility index (Phi) is 2.10. The summed E-state index contributed by atoms with van der Waals surface area (Å²) in [5.74, 6) is -1.42. The van der Waals surface area contributed by atoms with Crippen molar-refractivity contribution in [3.05, 3.63) is 35.4 Å². The molecule has 0 bridgehead atoms. The Morgan fingerprint density at radius 2 is 1.94 bits per heavy atom. The number of nitrogens with zero attached hydrogens (tertiary/aromatic N) is 1. The number of fused-ring (bicyclic) bond motifs is 2. The van der Waals surface area contributed by atoms with Crippen molar-refractivity contribution in [1.82, 2.24) is 4.90 Å². The van der Waals surface area contributed by atoms with Crippen LogP contribution in [0.2, 0.25) is 0 Å². The lowest BCUT2D eigenvalue weighted by atomic mass is 9.75. The molecule has 1 heterocycles. The highest BCUT2D eigenvalue weighted by atomic mass is 16.3. The topological polar surface area (TPSA) is 57.6 Å². The number of aliphatic hydroxyl groups excluding tert-OH is 1. The molecule has 1 aliphatic heterocycles. The van der Waals surface area contributed by atoms with Crippen LogP contribution in [0.4, 0.5) is 0 Å². The van der Waals surface area contributed by atoms with Gasteiger partial charge in [-0.25, -0.2) is 0 Å². The number of benzene rings is 1. The fraction of sp³-hybridized carbons (Fsp3) is 0.385. The molecule has 4 nitrogen and oxygen atoms in total. The van der Waals surface area contributed by atoms with E-state index < -0.39 is 17.9 Å². The van der Waals surface area contributed by atoms with E-state index in [1.165, 1.54) is 7.05 Å². The van der Waals surface area contributed by atoms with Gasteiger partial charge in [0, 0.05) is 7.05 Å². The van der Waals surface area contributed by atoms with Crippen LogP contribution in [0.3, 0.4) is 0 Å². The number of likely N-dealkylation sites (tertiary alicyclic amines) is 1. The maximum Gasteiger partial charge on any atom is 0.235 e. The quantitative estimate of drug-likeness (QED) is 0.662. The number of carbonyl (C=O) groups is 2. The van der Waals surface area contributed by atoms with E-state index in [2.05, 4.69) is 0 Å². The van der Waals surface area contributed by atoms with Gasteiger partial charge >= 0.3 is 0 Å². The molecule has 1 aliphatic carbocycles. The second-order valence-electron chi connectivity index (χ2n) is 4.72. The van der Waals surface area contributed by atoms with Gasteiger partial charge in [0.1, 0.15) is 0 Å². The van der Waals surface area contributed by atoms with E-state index in [0.717, 1.165) is 16.0 Å². The lowest BCUT2D eigenvalue weighted by Crippen LogP contribution is -2.31. The summed E-state index contributed by atoms with van der Waals surface area (Å²) in [5, 5.41) is 10.2. The van der Waals surface area contributed by atoms with Crippen molar-refractivity contribution in [1.29, 1.82) is 0 Å². The van der Waals surface area contributed by atoms with Crippen LogP contribution in [-0.2, 0) is 16.0 Å². The van der Waals surface area contributed by atoms with Gasteiger partial charge in [0.2, 0.25) is 11.8 Å². The maximum absolute atomic E-state index is 11.9. The summed E-state index contributed by atoms with van der Waals surface area (Å²) in [5.41, 5.74) is 1.75. The fourth-order valence-electron chi connectivity index (χ4n) is 2.92. The summed E-state index contributed by atoms with van der Waals surface area (Å²) in [7, 11) is 1.49. The van der Waals surface area contributed by atoms with Crippen molar-refractivity contribution < 1.29 is 14.7 Å². The van der Waals surface area contributed by atoms with Crippen LogP contribution < -0.4 is 0 Å². The van der Waals surface area contributed by atoms with Crippen molar-refractivity contribution in [3.63, 3.8) is 0 Å². The smallest absolute Gasteiger partial charge is 0.235 e. The van der Waals surface area contributed by atoms with Crippen molar-refractivity contribution in [2.24, 2.45) is 11.8 Å². The van der Waals surface area contributed by atoms with Gasteiger partial charge in [-0.3, -0.25) is 14.5 Å². The standard InChI is InChI=1S/C13H13NO3/c1-14-12(16)9-6-7-4-2-3-5-8(7)11(15)10(9)13(14)17/h2-5,9-11,15H,6H2,1H3. The number of hydrogen-bond donors (Lipinski definition) is 1. The predicted octanol–water partition coefficient (Wildman–Crippen LogP) is 0.507. The molecule has 3 atom stereocenters. The van der Waals surface area contributed by atoms with Gasteiger partial charge in [0.05, 0.1) is 17.9 Å². The lowest BCUT2D eigenvalue weighted by molar-refractivity contribution is -0.138. The minimum Gasteiger partial charge on any atom is -0.388 e. The van der Waals surface area contributed by atoms with Gasteiger partial charge in [-0.05, 0) is 17.5 Å². The minimum absolute atomic E-state index is 0.173. The van der Waals surface area contributed by atoms with E-state index in [4.69, 9.17) is 0 Å². The van der Waals surface area contributed by atoms with Crippen LogP contribution in [0, 0.1) is 11.8 Å². The zero-order valence-electron chi connectivity index (χ0n) is 9.46. The summed E-state index contributed by atoms with van der Waals surface area (Å²) < 4.78 is 0. The summed E-state index contributed by atoms with van der Waals surface area (Å²) in [6.07, 6.45) is -0.307. The van der Waals surface area contributed by atoms with Crippen LogP contribution in [0.5, 0.6) is 0 Å². The molecule has 17 heavy (non-hydrogen) atoms. The lowest BCUT2D eigenvalue weighted by Gasteiger charge is -2.29. The summed E-state index contributed by atoms with van der Waals surface area (Å²) in [4.78, 5) is 25.0. The Balaban J connectivity index is 2.10. The van der Waals surface area contributed by atoms with Crippen molar-refractivity contribution in [3.8, 4) is 0 Å². The second-order valence-corrected chi connectivity index (χ2v) is 4.72. The molecular weight excluding hydrogens is 218 g/mol. The van der Waals surface area contributed by atoms with Gasteiger partial charge in [0.25, 0.3) is 0 Å². The van der Waals surface area contributed by atoms with Crippen molar-refractivity contribution in [2.75, 3.05) is 7.05 Å². The Bertz CT molecular complexity index is 511. The predicted molar refractivity (Wildman–Crippen MR) is 59.9 cm³/mol. The molecular formula is C13H13NO3. The monoisotopic (exact) mass is 231 g/mol. The van der Waals surface area contributed by atoms with Crippen LogP contribution in [-0.4, -0.2) is 28.9 Å². The van der Waals surface area contributed by atoms with Crippen LogP contribution in [0.1, 0.15) is 17.2 Å². The normalized spacial score (nSPS) is 31.4. The van der Waals surface area contributed by atoms with E-state index in [1.807, 2.05) is 24.3 Å². The van der Waals surface area contributed by atoms with Crippen LogP contribution in [0.15, 0.2) is 24.3 Å². The average Bonchev–Trinajstić information content (AvgIpc) is 2.55. The van der Waals surface area contributed by atoms with Gasteiger partial charge in [-0.15, -0.1) is 0 Å². The Labute approximate surface area is 98.9 Å². The maximum atomic E-state index is 11.9. The summed E-state index contributed by atoms with van der Waals surface area (Å²) in [6, 6.07) is 7.46. The highest BCUT2D eigenvalue weighted by Gasteiger charge is 2.52. The number of imide groups is 1. The molecule has 88 valence electrons. The first-order chi connectivity index (χ1) is 8.11. The first-order valence-electron chi connectivity index (χ1n) is 5.68. The second kappa shape index (κ2) is 3.40. The zero-order valence-corrected chi connectivity index (χ0v) is 9.46. The Hall–Kier alpha value is -1.68. The molecule has 0 aromatic heterocycles.